The zero-order chi connectivity index (χ0) is 12.2. The van der Waals surface area contributed by atoms with Gasteiger partial charge >= 0.3 is 0 Å². The van der Waals surface area contributed by atoms with Crippen molar-refractivity contribution in [3.63, 3.8) is 0 Å². The molecule has 0 spiro atoms. The Labute approximate surface area is 100 Å². The Hall–Kier alpha value is -0.900. The van der Waals surface area contributed by atoms with Crippen molar-refractivity contribution < 1.29 is 4.39 Å². The van der Waals surface area contributed by atoms with Crippen molar-refractivity contribution in [1.29, 1.82) is 0 Å². The van der Waals surface area contributed by atoms with Crippen LogP contribution in [0.1, 0.15) is 32.4 Å². The number of halogens is 2. The van der Waals surface area contributed by atoms with E-state index in [1.807, 2.05) is 13.8 Å². The van der Waals surface area contributed by atoms with E-state index in [0.29, 0.717) is 11.6 Å². The number of alkyl halides is 1. The van der Waals surface area contributed by atoms with Gasteiger partial charge in [0.15, 0.2) is 11.6 Å². The summed E-state index contributed by atoms with van der Waals surface area (Å²) in [6.07, 6.45) is 2.98. The van der Waals surface area contributed by atoms with E-state index in [0.717, 1.165) is 12.8 Å². The average Bonchev–Trinajstić information content (AvgIpc) is 2.32. The van der Waals surface area contributed by atoms with Crippen LogP contribution in [-0.4, -0.2) is 21.4 Å². The molecular formula is C11H17ClFN3. The van der Waals surface area contributed by atoms with E-state index >= 15 is 0 Å². The molecule has 1 aromatic rings. The van der Waals surface area contributed by atoms with Crippen LogP contribution in [0.2, 0.25) is 0 Å². The lowest BCUT2D eigenvalue weighted by atomic mass is 9.95. The van der Waals surface area contributed by atoms with Crippen molar-refractivity contribution in [2.24, 2.45) is 0 Å². The minimum absolute atomic E-state index is 0.233. The van der Waals surface area contributed by atoms with Crippen LogP contribution in [-0.2, 0) is 0 Å². The van der Waals surface area contributed by atoms with E-state index in [1.165, 1.54) is 6.33 Å². The predicted octanol–water partition coefficient (Wildman–Crippen LogP) is 3.13. The highest BCUT2D eigenvalue weighted by Gasteiger charge is 2.26. The summed E-state index contributed by atoms with van der Waals surface area (Å²) in [7, 11) is 0. The first-order chi connectivity index (χ1) is 7.58. The number of aromatic nitrogens is 2. The molecule has 1 heterocycles. The Bertz CT molecular complexity index is 345. The Morgan fingerprint density at radius 2 is 2.00 bits per heavy atom. The molecule has 0 bridgehead atoms. The van der Waals surface area contributed by atoms with Crippen molar-refractivity contribution in [2.75, 3.05) is 11.2 Å². The highest BCUT2D eigenvalue weighted by molar-refractivity contribution is 6.18. The fourth-order valence-electron chi connectivity index (χ4n) is 1.45. The normalized spacial score (nSPS) is 11.6. The molecule has 1 rings (SSSR count). The van der Waals surface area contributed by atoms with Crippen LogP contribution in [0.3, 0.4) is 0 Å². The molecule has 0 aliphatic carbocycles. The summed E-state index contributed by atoms with van der Waals surface area (Å²) in [6.45, 7) is 5.65. The largest absolute Gasteiger partial charge is 0.361 e. The Morgan fingerprint density at radius 3 is 2.50 bits per heavy atom. The lowest BCUT2D eigenvalue weighted by molar-refractivity contribution is 0.475. The molecule has 0 aliphatic rings. The van der Waals surface area contributed by atoms with Crippen LogP contribution in [0.15, 0.2) is 6.33 Å². The van der Waals surface area contributed by atoms with Crippen LogP contribution in [0.25, 0.3) is 0 Å². The van der Waals surface area contributed by atoms with Crippen LogP contribution in [0.5, 0.6) is 0 Å². The molecule has 16 heavy (non-hydrogen) atoms. The summed E-state index contributed by atoms with van der Waals surface area (Å²) in [6, 6.07) is 0. The summed E-state index contributed by atoms with van der Waals surface area (Å²) < 4.78 is 13.7. The SMILES string of the molecule is CCC(CC)(CCl)Nc1ncnc(C)c1F. The number of hydrogen-bond acceptors (Lipinski definition) is 3. The summed E-state index contributed by atoms with van der Waals surface area (Å²) in [4.78, 5) is 7.70. The van der Waals surface area contributed by atoms with Gasteiger partial charge in [-0.2, -0.15) is 0 Å². The average molecular weight is 246 g/mol. The van der Waals surface area contributed by atoms with Gasteiger partial charge in [0.2, 0.25) is 0 Å². The molecule has 0 fully saturated rings. The monoisotopic (exact) mass is 245 g/mol. The molecule has 0 aliphatic heterocycles. The molecule has 1 aromatic heterocycles. The zero-order valence-electron chi connectivity index (χ0n) is 9.85. The van der Waals surface area contributed by atoms with E-state index in [-0.39, 0.29) is 11.4 Å². The van der Waals surface area contributed by atoms with Gasteiger partial charge in [0.05, 0.1) is 11.2 Å². The fourth-order valence-corrected chi connectivity index (χ4v) is 1.89. The molecule has 1 N–H and O–H groups in total. The van der Waals surface area contributed by atoms with Gasteiger partial charge < -0.3 is 5.32 Å². The van der Waals surface area contributed by atoms with E-state index in [1.54, 1.807) is 6.92 Å². The molecule has 5 heteroatoms. The van der Waals surface area contributed by atoms with Crippen molar-refractivity contribution in [3.8, 4) is 0 Å². The third-order valence-electron chi connectivity index (χ3n) is 2.96. The molecule has 0 atom stereocenters. The topological polar surface area (TPSA) is 37.8 Å². The second-order valence-electron chi connectivity index (χ2n) is 3.87. The standard InChI is InChI=1S/C11H17ClFN3/c1-4-11(5-2,6-12)16-10-9(13)8(3)14-7-15-10/h7H,4-6H2,1-3H3,(H,14,15,16). The first kappa shape index (κ1) is 13.2. The van der Waals surface area contributed by atoms with Crippen LogP contribution in [0.4, 0.5) is 10.2 Å². The minimum Gasteiger partial charge on any atom is -0.361 e. The first-order valence-corrected chi connectivity index (χ1v) is 5.93. The molecular weight excluding hydrogens is 229 g/mol. The smallest absolute Gasteiger partial charge is 0.186 e. The highest BCUT2D eigenvalue weighted by Crippen LogP contribution is 2.24. The van der Waals surface area contributed by atoms with Gasteiger partial charge in [-0.1, -0.05) is 13.8 Å². The third kappa shape index (κ3) is 2.61. The molecule has 0 saturated carbocycles. The van der Waals surface area contributed by atoms with Crippen molar-refractivity contribution in [1.82, 2.24) is 9.97 Å². The lowest BCUT2D eigenvalue weighted by Gasteiger charge is -2.31. The van der Waals surface area contributed by atoms with E-state index in [4.69, 9.17) is 11.6 Å². The lowest BCUT2D eigenvalue weighted by Crippen LogP contribution is -2.39. The molecule has 0 unspecified atom stereocenters. The fraction of sp³-hybridized carbons (Fsp3) is 0.636. The number of rotatable bonds is 5. The Balaban J connectivity index is 2.98. The third-order valence-corrected chi connectivity index (χ3v) is 3.47. The molecule has 0 aromatic carbocycles. The summed E-state index contributed by atoms with van der Waals surface area (Å²) in [5.74, 6) is 0.249. The van der Waals surface area contributed by atoms with Crippen molar-refractivity contribution >= 4 is 17.4 Å². The molecule has 0 saturated heterocycles. The highest BCUT2D eigenvalue weighted by atomic mass is 35.5. The van der Waals surface area contributed by atoms with Gasteiger partial charge in [0, 0.05) is 5.88 Å². The van der Waals surface area contributed by atoms with Crippen LogP contribution >= 0.6 is 11.6 Å². The van der Waals surface area contributed by atoms with Gasteiger partial charge in [-0.05, 0) is 19.8 Å². The Morgan fingerprint density at radius 1 is 1.38 bits per heavy atom. The summed E-state index contributed by atoms with van der Waals surface area (Å²) in [5.41, 5.74) is 0.0385. The first-order valence-electron chi connectivity index (χ1n) is 5.39. The maximum absolute atomic E-state index is 13.7. The summed E-state index contributed by atoms with van der Waals surface area (Å²) in [5, 5.41) is 3.09. The molecule has 0 radical (unpaired) electrons. The van der Waals surface area contributed by atoms with Gasteiger partial charge in [-0.15, -0.1) is 11.6 Å². The quantitative estimate of drug-likeness (QED) is 0.810. The van der Waals surface area contributed by atoms with E-state index in [9.17, 15) is 4.39 Å². The number of nitrogens with one attached hydrogen (secondary N) is 1. The second kappa shape index (κ2) is 5.43. The molecule has 90 valence electrons. The number of anilines is 1. The number of aryl methyl sites for hydroxylation is 1. The van der Waals surface area contributed by atoms with Crippen LogP contribution in [0, 0.1) is 12.7 Å². The van der Waals surface area contributed by atoms with Crippen molar-refractivity contribution in [2.45, 2.75) is 39.2 Å². The predicted molar refractivity (Wildman–Crippen MR) is 64.4 cm³/mol. The maximum Gasteiger partial charge on any atom is 0.186 e. The van der Waals surface area contributed by atoms with Gasteiger partial charge in [0.25, 0.3) is 0 Å². The van der Waals surface area contributed by atoms with Gasteiger partial charge in [0.1, 0.15) is 6.33 Å². The van der Waals surface area contributed by atoms with Crippen LogP contribution < -0.4 is 5.32 Å². The number of hydrogen-bond donors (Lipinski definition) is 1. The second-order valence-corrected chi connectivity index (χ2v) is 4.13. The molecule has 0 amide bonds. The maximum atomic E-state index is 13.7. The van der Waals surface area contributed by atoms with E-state index < -0.39 is 5.82 Å². The Kier molecular flexibility index (Phi) is 4.47. The number of nitrogens with zero attached hydrogens (tertiary/aromatic N) is 2. The zero-order valence-corrected chi connectivity index (χ0v) is 10.6. The van der Waals surface area contributed by atoms with Gasteiger partial charge in [-0.25, -0.2) is 14.4 Å². The van der Waals surface area contributed by atoms with Gasteiger partial charge in [-0.3, -0.25) is 0 Å². The summed E-state index contributed by atoms with van der Waals surface area (Å²) >= 11 is 5.94. The van der Waals surface area contributed by atoms with Crippen molar-refractivity contribution in [3.05, 3.63) is 17.8 Å². The minimum atomic E-state index is -0.404. The molecule has 3 nitrogen and oxygen atoms in total. The van der Waals surface area contributed by atoms with E-state index in [2.05, 4.69) is 15.3 Å².